The summed E-state index contributed by atoms with van der Waals surface area (Å²) in [5.41, 5.74) is 0.977. The predicted molar refractivity (Wildman–Crippen MR) is 59.1 cm³/mol. The summed E-state index contributed by atoms with van der Waals surface area (Å²) in [5.74, 6) is 0.737. The second-order valence-electron chi connectivity index (χ2n) is 3.19. The Bertz CT molecular complexity index is 338. The zero-order valence-corrected chi connectivity index (χ0v) is 9.47. The van der Waals surface area contributed by atoms with Gasteiger partial charge in [-0.1, -0.05) is 12.1 Å². The highest BCUT2D eigenvalue weighted by molar-refractivity contribution is 5.28. The van der Waals surface area contributed by atoms with Crippen LogP contribution in [0.4, 0.5) is 0 Å². The molecule has 1 aromatic rings. The Labute approximate surface area is 95.4 Å². The molecule has 86 valence electrons. The van der Waals surface area contributed by atoms with Crippen LogP contribution in [0.15, 0.2) is 24.3 Å². The van der Waals surface area contributed by atoms with Crippen LogP contribution in [0, 0.1) is 11.3 Å². The molecule has 4 nitrogen and oxygen atoms in total. The van der Waals surface area contributed by atoms with E-state index in [0.717, 1.165) is 11.3 Å². The number of nitriles is 1. The highest BCUT2D eigenvalue weighted by atomic mass is 16.7. The van der Waals surface area contributed by atoms with E-state index >= 15 is 0 Å². The Hall–Kier alpha value is -1.57. The van der Waals surface area contributed by atoms with Crippen LogP contribution >= 0.6 is 0 Å². The van der Waals surface area contributed by atoms with Crippen molar-refractivity contribution in [2.45, 2.75) is 12.7 Å². The van der Waals surface area contributed by atoms with Crippen LogP contribution in [-0.2, 0) is 15.9 Å². The van der Waals surface area contributed by atoms with Gasteiger partial charge in [0.1, 0.15) is 12.4 Å². The molecule has 0 saturated carbocycles. The molecule has 0 radical (unpaired) electrons. The van der Waals surface area contributed by atoms with Crippen molar-refractivity contribution in [2.75, 3.05) is 20.8 Å². The van der Waals surface area contributed by atoms with Crippen molar-refractivity contribution < 1.29 is 14.2 Å². The summed E-state index contributed by atoms with van der Waals surface area (Å²) in [6.45, 7) is 0.338. The van der Waals surface area contributed by atoms with E-state index in [9.17, 15) is 0 Å². The second kappa shape index (κ2) is 6.83. The van der Waals surface area contributed by atoms with Crippen molar-refractivity contribution in [3.8, 4) is 11.8 Å². The van der Waals surface area contributed by atoms with Gasteiger partial charge in [0, 0.05) is 14.2 Å². The first-order valence-corrected chi connectivity index (χ1v) is 4.94. The Balaban J connectivity index is 2.46. The van der Waals surface area contributed by atoms with E-state index in [-0.39, 0.29) is 6.29 Å². The lowest BCUT2D eigenvalue weighted by Gasteiger charge is -2.14. The van der Waals surface area contributed by atoms with Gasteiger partial charge in [-0.2, -0.15) is 5.26 Å². The summed E-state index contributed by atoms with van der Waals surface area (Å²) in [5, 5.41) is 8.51. The van der Waals surface area contributed by atoms with Gasteiger partial charge in [0.15, 0.2) is 6.29 Å². The molecule has 0 amide bonds. The molecule has 0 bridgehead atoms. The molecule has 1 rings (SSSR count). The predicted octanol–water partition coefficient (Wildman–Crippen LogP) is 1.75. The molecule has 0 atom stereocenters. The van der Waals surface area contributed by atoms with Crippen molar-refractivity contribution in [2.24, 2.45) is 0 Å². The molecule has 0 aromatic heterocycles. The minimum Gasteiger partial charge on any atom is -0.488 e. The van der Waals surface area contributed by atoms with Crippen molar-refractivity contribution in [3.63, 3.8) is 0 Å². The molecular formula is C12H15NO3. The summed E-state index contributed by atoms with van der Waals surface area (Å²) >= 11 is 0. The average molecular weight is 221 g/mol. The third-order valence-corrected chi connectivity index (χ3v) is 2.12. The van der Waals surface area contributed by atoms with E-state index < -0.39 is 0 Å². The molecule has 0 aliphatic rings. The van der Waals surface area contributed by atoms with E-state index in [1.54, 1.807) is 14.2 Å². The van der Waals surface area contributed by atoms with Gasteiger partial charge in [-0.05, 0) is 17.7 Å². The van der Waals surface area contributed by atoms with Crippen molar-refractivity contribution >= 4 is 0 Å². The molecular weight excluding hydrogens is 206 g/mol. The fourth-order valence-electron chi connectivity index (χ4n) is 1.19. The largest absolute Gasteiger partial charge is 0.488 e. The third-order valence-electron chi connectivity index (χ3n) is 2.12. The maximum Gasteiger partial charge on any atom is 0.191 e. The number of hydrogen-bond donors (Lipinski definition) is 0. The Morgan fingerprint density at radius 2 is 1.81 bits per heavy atom. The lowest BCUT2D eigenvalue weighted by Crippen LogP contribution is -2.21. The van der Waals surface area contributed by atoms with Gasteiger partial charge in [0.25, 0.3) is 0 Å². The number of ether oxygens (including phenoxy) is 3. The zero-order chi connectivity index (χ0) is 11.8. The fourth-order valence-corrected chi connectivity index (χ4v) is 1.19. The highest BCUT2D eigenvalue weighted by Gasteiger charge is 2.05. The fraction of sp³-hybridized carbons (Fsp3) is 0.417. The first-order valence-electron chi connectivity index (χ1n) is 4.94. The van der Waals surface area contributed by atoms with Crippen LogP contribution in [0.2, 0.25) is 0 Å². The summed E-state index contributed by atoms with van der Waals surface area (Å²) < 4.78 is 15.4. The van der Waals surface area contributed by atoms with Gasteiger partial charge in [0.2, 0.25) is 0 Å². The number of methoxy groups -OCH3 is 2. The first kappa shape index (κ1) is 12.5. The van der Waals surface area contributed by atoms with Crippen LogP contribution in [0.3, 0.4) is 0 Å². The lowest BCUT2D eigenvalue weighted by atomic mass is 10.2. The van der Waals surface area contributed by atoms with Gasteiger partial charge in [0.05, 0.1) is 12.5 Å². The van der Waals surface area contributed by atoms with Crippen LogP contribution < -0.4 is 4.74 Å². The van der Waals surface area contributed by atoms with Crippen molar-refractivity contribution in [3.05, 3.63) is 29.8 Å². The van der Waals surface area contributed by atoms with Crippen molar-refractivity contribution in [1.82, 2.24) is 0 Å². The minimum atomic E-state index is -0.362. The summed E-state index contributed by atoms with van der Waals surface area (Å²) in [6.07, 6.45) is 0.0535. The monoisotopic (exact) mass is 221 g/mol. The number of nitrogens with zero attached hydrogens (tertiary/aromatic N) is 1. The second-order valence-corrected chi connectivity index (χ2v) is 3.19. The first-order chi connectivity index (χ1) is 7.80. The molecule has 0 aliphatic carbocycles. The van der Waals surface area contributed by atoms with E-state index in [1.165, 1.54) is 0 Å². The normalized spacial score (nSPS) is 10.1. The summed E-state index contributed by atoms with van der Waals surface area (Å²) in [7, 11) is 3.13. The van der Waals surface area contributed by atoms with Crippen molar-refractivity contribution in [1.29, 1.82) is 5.26 Å². The Kier molecular flexibility index (Phi) is 5.34. The van der Waals surface area contributed by atoms with Crippen LogP contribution in [0.1, 0.15) is 5.56 Å². The maximum atomic E-state index is 8.51. The van der Waals surface area contributed by atoms with Crippen LogP contribution in [-0.4, -0.2) is 27.1 Å². The molecule has 0 spiro atoms. The van der Waals surface area contributed by atoms with Gasteiger partial charge < -0.3 is 14.2 Å². The molecule has 0 unspecified atom stereocenters. The Morgan fingerprint density at radius 1 is 1.19 bits per heavy atom. The molecule has 0 N–H and O–H groups in total. The van der Waals surface area contributed by atoms with E-state index in [2.05, 4.69) is 6.07 Å². The molecule has 0 fully saturated rings. The van der Waals surface area contributed by atoms with Gasteiger partial charge >= 0.3 is 0 Å². The quantitative estimate of drug-likeness (QED) is 0.687. The molecule has 16 heavy (non-hydrogen) atoms. The van der Waals surface area contributed by atoms with Crippen LogP contribution in [0.25, 0.3) is 0 Å². The van der Waals surface area contributed by atoms with E-state index in [1.807, 2.05) is 24.3 Å². The minimum absolute atomic E-state index is 0.338. The molecule has 0 aliphatic heterocycles. The molecule has 1 aromatic carbocycles. The summed E-state index contributed by atoms with van der Waals surface area (Å²) in [4.78, 5) is 0. The molecule has 4 heteroatoms. The van der Waals surface area contributed by atoms with Gasteiger partial charge in [-0.15, -0.1) is 0 Å². The highest BCUT2D eigenvalue weighted by Crippen LogP contribution is 2.13. The van der Waals surface area contributed by atoms with E-state index in [4.69, 9.17) is 19.5 Å². The van der Waals surface area contributed by atoms with Gasteiger partial charge in [-0.25, -0.2) is 0 Å². The molecule has 0 heterocycles. The summed E-state index contributed by atoms with van der Waals surface area (Å²) in [6, 6.07) is 9.48. The zero-order valence-electron chi connectivity index (χ0n) is 9.47. The lowest BCUT2D eigenvalue weighted by molar-refractivity contribution is -0.121. The maximum absolute atomic E-state index is 8.51. The smallest absolute Gasteiger partial charge is 0.191 e. The van der Waals surface area contributed by atoms with Gasteiger partial charge in [-0.3, -0.25) is 0 Å². The topological polar surface area (TPSA) is 51.5 Å². The van der Waals surface area contributed by atoms with E-state index in [0.29, 0.717) is 13.0 Å². The number of hydrogen-bond acceptors (Lipinski definition) is 4. The van der Waals surface area contributed by atoms with Crippen LogP contribution in [0.5, 0.6) is 5.75 Å². The SMILES string of the molecule is COC(COc1ccc(CC#N)cc1)OC. The Morgan fingerprint density at radius 3 is 2.31 bits per heavy atom. The standard InChI is InChI=1S/C12H15NO3/c1-14-12(15-2)9-16-11-5-3-10(4-6-11)7-8-13/h3-6,12H,7,9H2,1-2H3. The number of benzene rings is 1. The molecule has 0 saturated heterocycles. The third kappa shape index (κ3) is 3.89. The number of rotatable bonds is 6. The average Bonchev–Trinajstić information content (AvgIpc) is 2.33.